The molecule has 2 aromatic carbocycles. The van der Waals surface area contributed by atoms with Crippen LogP contribution < -0.4 is 10.9 Å². The second-order valence-corrected chi connectivity index (χ2v) is 7.20. The van der Waals surface area contributed by atoms with E-state index >= 15 is 0 Å². The van der Waals surface area contributed by atoms with E-state index in [4.69, 9.17) is 0 Å². The number of benzene rings is 2. The second-order valence-electron chi connectivity index (χ2n) is 7.20. The van der Waals surface area contributed by atoms with Gasteiger partial charge in [0.05, 0.1) is 17.2 Å². The summed E-state index contributed by atoms with van der Waals surface area (Å²) in [5, 5.41) is 14.2. The predicted octanol–water partition coefficient (Wildman–Crippen LogP) is 4.05. The number of nitro benzene ring substituents is 1. The molecule has 0 aliphatic carbocycles. The van der Waals surface area contributed by atoms with Crippen LogP contribution in [0.4, 0.5) is 15.8 Å². The van der Waals surface area contributed by atoms with Gasteiger partial charge in [-0.2, -0.15) is 0 Å². The van der Waals surface area contributed by atoms with E-state index in [2.05, 4.69) is 10.3 Å². The van der Waals surface area contributed by atoms with E-state index in [9.17, 15) is 24.1 Å². The molecule has 9 heteroatoms. The lowest BCUT2D eigenvalue weighted by atomic mass is 10.1. The molecule has 4 aromatic rings. The van der Waals surface area contributed by atoms with Gasteiger partial charge < -0.3 is 5.32 Å². The molecule has 0 aliphatic heterocycles. The zero-order valence-electron chi connectivity index (χ0n) is 16.9. The van der Waals surface area contributed by atoms with E-state index < -0.39 is 22.2 Å². The fourth-order valence-electron chi connectivity index (χ4n) is 3.34. The lowest BCUT2D eigenvalue weighted by Crippen LogP contribution is -2.30. The van der Waals surface area contributed by atoms with E-state index in [0.717, 1.165) is 0 Å². The number of anilines is 1. The number of hydrogen-bond acceptors (Lipinski definition) is 5. The van der Waals surface area contributed by atoms with E-state index in [0.29, 0.717) is 22.2 Å². The van der Waals surface area contributed by atoms with Crippen LogP contribution in [0.25, 0.3) is 11.0 Å². The van der Waals surface area contributed by atoms with Gasteiger partial charge in [0.1, 0.15) is 17.0 Å². The van der Waals surface area contributed by atoms with Gasteiger partial charge in [-0.1, -0.05) is 18.2 Å². The highest BCUT2D eigenvalue weighted by Crippen LogP contribution is 2.22. The number of aryl methyl sites for hydroxylation is 1. The SMILES string of the molecule is Cc1ccc([N+](=O)[O-])cc1NC(=O)c1cc2cccnc2n(Cc2ccc(F)cc2)c1=O. The lowest BCUT2D eigenvalue weighted by Gasteiger charge is -2.13. The van der Waals surface area contributed by atoms with Gasteiger partial charge in [-0.05, 0) is 48.4 Å². The first-order valence-electron chi connectivity index (χ1n) is 9.63. The van der Waals surface area contributed by atoms with Crippen LogP contribution >= 0.6 is 0 Å². The van der Waals surface area contributed by atoms with Crippen LogP contribution in [0, 0.1) is 22.9 Å². The number of aromatic nitrogens is 2. The highest BCUT2D eigenvalue weighted by Gasteiger charge is 2.18. The Hall–Kier alpha value is -4.40. The van der Waals surface area contributed by atoms with Gasteiger partial charge >= 0.3 is 0 Å². The molecule has 4 rings (SSSR count). The third-order valence-electron chi connectivity index (χ3n) is 5.03. The van der Waals surface area contributed by atoms with E-state index in [1.807, 2.05) is 0 Å². The minimum Gasteiger partial charge on any atom is -0.321 e. The van der Waals surface area contributed by atoms with Crippen LogP contribution in [0.15, 0.2) is 71.7 Å². The fraction of sp³-hybridized carbons (Fsp3) is 0.0870. The predicted molar refractivity (Wildman–Crippen MR) is 117 cm³/mol. The van der Waals surface area contributed by atoms with E-state index in [1.165, 1.54) is 47.2 Å². The van der Waals surface area contributed by atoms with Crippen molar-refractivity contribution < 1.29 is 14.1 Å². The largest absolute Gasteiger partial charge is 0.321 e. The zero-order valence-corrected chi connectivity index (χ0v) is 16.9. The summed E-state index contributed by atoms with van der Waals surface area (Å²) in [5.74, 6) is -1.10. The van der Waals surface area contributed by atoms with Crippen molar-refractivity contribution in [3.8, 4) is 0 Å². The molecular weight excluding hydrogens is 415 g/mol. The number of nitrogens with zero attached hydrogens (tertiary/aromatic N) is 3. The second kappa shape index (κ2) is 8.38. The van der Waals surface area contributed by atoms with Gasteiger partial charge in [-0.25, -0.2) is 9.37 Å². The maximum absolute atomic E-state index is 13.3. The van der Waals surface area contributed by atoms with Crippen molar-refractivity contribution in [3.63, 3.8) is 0 Å². The molecule has 8 nitrogen and oxygen atoms in total. The Bertz CT molecular complexity index is 1410. The number of nitro groups is 1. The fourth-order valence-corrected chi connectivity index (χ4v) is 3.34. The van der Waals surface area contributed by atoms with Gasteiger partial charge in [0.15, 0.2) is 0 Å². The first-order chi connectivity index (χ1) is 15.3. The number of amides is 1. The quantitative estimate of drug-likeness (QED) is 0.378. The van der Waals surface area contributed by atoms with Gasteiger partial charge in [-0.15, -0.1) is 0 Å². The minimum absolute atomic E-state index is 0.0869. The van der Waals surface area contributed by atoms with Gasteiger partial charge in [0, 0.05) is 23.7 Å². The summed E-state index contributed by atoms with van der Waals surface area (Å²) in [5.41, 5.74) is 0.984. The maximum Gasteiger partial charge on any atom is 0.271 e. The number of carbonyl (C=O) groups excluding carboxylic acids is 1. The molecule has 160 valence electrons. The number of rotatable bonds is 5. The standard InChI is InChI=1S/C23H17FN4O4/c1-14-4-9-18(28(31)32)12-20(14)26-22(29)19-11-16-3-2-10-25-21(16)27(23(19)30)13-15-5-7-17(24)8-6-15/h2-12H,13H2,1H3,(H,26,29). The maximum atomic E-state index is 13.3. The van der Waals surface area contributed by atoms with Crippen LogP contribution in [-0.4, -0.2) is 20.4 Å². The summed E-state index contributed by atoms with van der Waals surface area (Å²) < 4.78 is 14.6. The van der Waals surface area contributed by atoms with Crippen molar-refractivity contribution in [2.75, 3.05) is 5.32 Å². The Morgan fingerprint density at radius 3 is 2.62 bits per heavy atom. The van der Waals surface area contributed by atoms with Crippen LogP contribution in [0.1, 0.15) is 21.5 Å². The summed E-state index contributed by atoms with van der Waals surface area (Å²) >= 11 is 0. The van der Waals surface area contributed by atoms with Crippen molar-refractivity contribution in [2.45, 2.75) is 13.5 Å². The minimum atomic E-state index is -0.697. The molecule has 0 bridgehead atoms. The summed E-state index contributed by atoms with van der Waals surface area (Å²) in [6, 6.07) is 14.6. The number of halogens is 1. The molecular formula is C23H17FN4O4. The Balaban J connectivity index is 1.78. The number of pyridine rings is 2. The Labute approximate surface area is 181 Å². The van der Waals surface area contributed by atoms with Crippen molar-refractivity contribution in [2.24, 2.45) is 0 Å². The summed E-state index contributed by atoms with van der Waals surface area (Å²) in [7, 11) is 0. The van der Waals surface area contributed by atoms with Crippen molar-refractivity contribution in [1.82, 2.24) is 9.55 Å². The summed E-state index contributed by atoms with van der Waals surface area (Å²) in [4.78, 5) is 41.0. The van der Waals surface area contributed by atoms with Crippen LogP contribution in [0.5, 0.6) is 0 Å². The zero-order chi connectivity index (χ0) is 22.8. The highest BCUT2D eigenvalue weighted by molar-refractivity contribution is 6.06. The summed E-state index contributed by atoms with van der Waals surface area (Å²) in [6.45, 7) is 1.78. The lowest BCUT2D eigenvalue weighted by molar-refractivity contribution is -0.384. The highest BCUT2D eigenvalue weighted by atomic mass is 19.1. The van der Waals surface area contributed by atoms with Crippen molar-refractivity contribution >= 4 is 28.3 Å². The molecule has 0 radical (unpaired) electrons. The van der Waals surface area contributed by atoms with Gasteiger partial charge in [-0.3, -0.25) is 24.3 Å². The molecule has 0 saturated heterocycles. The van der Waals surface area contributed by atoms with Gasteiger partial charge in [0.25, 0.3) is 17.2 Å². The molecule has 1 amide bonds. The molecule has 0 aliphatic rings. The Morgan fingerprint density at radius 2 is 1.91 bits per heavy atom. The first kappa shape index (κ1) is 20.9. The first-order valence-corrected chi connectivity index (χ1v) is 9.63. The van der Waals surface area contributed by atoms with Crippen molar-refractivity contribution in [1.29, 1.82) is 0 Å². The number of non-ortho nitro benzene ring substituents is 1. The van der Waals surface area contributed by atoms with E-state index in [-0.39, 0.29) is 23.5 Å². The Kier molecular flexibility index (Phi) is 5.46. The summed E-state index contributed by atoms with van der Waals surface area (Å²) in [6.07, 6.45) is 1.54. The third-order valence-corrected chi connectivity index (χ3v) is 5.03. The Morgan fingerprint density at radius 1 is 1.16 bits per heavy atom. The number of carbonyl (C=O) groups is 1. The number of hydrogen-bond donors (Lipinski definition) is 1. The normalized spacial score (nSPS) is 10.8. The van der Waals surface area contributed by atoms with E-state index in [1.54, 1.807) is 31.2 Å². The molecule has 0 saturated carbocycles. The topological polar surface area (TPSA) is 107 Å². The molecule has 1 N–H and O–H groups in total. The monoisotopic (exact) mass is 432 g/mol. The third kappa shape index (κ3) is 4.08. The number of fused-ring (bicyclic) bond motifs is 1. The average molecular weight is 432 g/mol. The van der Waals surface area contributed by atoms with Crippen LogP contribution in [-0.2, 0) is 6.54 Å². The molecule has 0 atom stereocenters. The van der Waals surface area contributed by atoms with Crippen LogP contribution in [0.3, 0.4) is 0 Å². The van der Waals surface area contributed by atoms with Gasteiger partial charge in [0.2, 0.25) is 0 Å². The molecule has 2 heterocycles. The molecule has 0 fully saturated rings. The molecule has 2 aromatic heterocycles. The van der Waals surface area contributed by atoms with Crippen LogP contribution in [0.2, 0.25) is 0 Å². The molecule has 0 unspecified atom stereocenters. The molecule has 0 spiro atoms. The van der Waals surface area contributed by atoms with Crippen molar-refractivity contribution in [3.05, 3.63) is 110 Å². The molecule has 32 heavy (non-hydrogen) atoms. The number of nitrogens with one attached hydrogen (secondary N) is 1. The smallest absolute Gasteiger partial charge is 0.271 e. The average Bonchev–Trinajstić information content (AvgIpc) is 2.78.